The zero-order valence-corrected chi connectivity index (χ0v) is 30.1. The summed E-state index contributed by atoms with van der Waals surface area (Å²) in [6, 6.07) is 60.8. The molecule has 12 aromatic rings. The van der Waals surface area contributed by atoms with Gasteiger partial charge in [-0.2, -0.15) is 0 Å². The first-order valence-electron chi connectivity index (χ1n) is 18.9. The molecule has 0 saturated carbocycles. The van der Waals surface area contributed by atoms with E-state index in [1.165, 1.54) is 32.3 Å². The van der Waals surface area contributed by atoms with Gasteiger partial charge in [-0.1, -0.05) is 115 Å². The van der Waals surface area contributed by atoms with Gasteiger partial charge in [0, 0.05) is 45.1 Å². The fourth-order valence-corrected chi connectivity index (χ4v) is 8.72. The highest BCUT2D eigenvalue weighted by molar-refractivity contribution is 6.26. The Kier molecular flexibility index (Phi) is 6.60. The molecule has 4 nitrogen and oxygen atoms in total. The number of hydrogen-bond acceptors (Lipinski definition) is 4. The molecule has 0 aliphatic heterocycles. The summed E-state index contributed by atoms with van der Waals surface area (Å²) >= 11 is 0. The predicted molar refractivity (Wildman–Crippen MR) is 233 cm³/mol. The highest BCUT2D eigenvalue weighted by Crippen LogP contribution is 2.40. The number of nitrogens with zero attached hydrogens (tertiary/aromatic N) is 4. The van der Waals surface area contributed by atoms with Gasteiger partial charge in [0.25, 0.3) is 0 Å². The molecule has 0 spiro atoms. The first kappa shape index (κ1) is 30.9. The molecular weight excluding hydrogens is 681 g/mol. The molecule has 0 N–H and O–H groups in total. The Balaban J connectivity index is 0.881. The molecular formula is C52H30N4. The summed E-state index contributed by atoms with van der Waals surface area (Å²) < 4.78 is 0. The van der Waals surface area contributed by atoms with Crippen LogP contribution in [-0.2, 0) is 0 Å². The van der Waals surface area contributed by atoms with Gasteiger partial charge in [-0.15, -0.1) is 0 Å². The lowest BCUT2D eigenvalue weighted by atomic mass is 9.90. The highest BCUT2D eigenvalue weighted by Gasteiger charge is 2.15. The van der Waals surface area contributed by atoms with Crippen LogP contribution in [0.3, 0.4) is 0 Å². The Morgan fingerprint density at radius 1 is 0.304 bits per heavy atom. The molecule has 4 heteroatoms. The van der Waals surface area contributed by atoms with Crippen molar-refractivity contribution in [1.29, 1.82) is 0 Å². The molecule has 4 aromatic heterocycles. The smallest absolute Gasteiger partial charge is 0.0970 e. The number of rotatable bonds is 4. The van der Waals surface area contributed by atoms with Crippen LogP contribution < -0.4 is 0 Å². The van der Waals surface area contributed by atoms with Crippen molar-refractivity contribution in [2.45, 2.75) is 0 Å². The second-order valence-corrected chi connectivity index (χ2v) is 14.7. The van der Waals surface area contributed by atoms with E-state index < -0.39 is 0 Å². The average Bonchev–Trinajstić information content (AvgIpc) is 3.27. The van der Waals surface area contributed by atoms with Gasteiger partial charge in [0.1, 0.15) is 0 Å². The van der Waals surface area contributed by atoms with Gasteiger partial charge in [0.2, 0.25) is 0 Å². The second kappa shape index (κ2) is 12.0. The Hall–Kier alpha value is -7.56. The fourth-order valence-electron chi connectivity index (χ4n) is 8.72. The Labute approximate surface area is 321 Å². The monoisotopic (exact) mass is 710 g/mol. The Morgan fingerprint density at radius 2 is 0.911 bits per heavy atom. The van der Waals surface area contributed by atoms with Crippen molar-refractivity contribution >= 4 is 75.9 Å². The van der Waals surface area contributed by atoms with Crippen LogP contribution in [0.15, 0.2) is 182 Å². The third-order valence-corrected chi connectivity index (χ3v) is 11.5. The van der Waals surface area contributed by atoms with E-state index in [2.05, 4.69) is 163 Å². The topological polar surface area (TPSA) is 51.6 Å². The first-order chi connectivity index (χ1) is 27.7. The van der Waals surface area contributed by atoms with Gasteiger partial charge in [-0.3, -0.25) is 9.97 Å². The second-order valence-electron chi connectivity index (χ2n) is 14.7. The largest absolute Gasteiger partial charge is 0.254 e. The third-order valence-electron chi connectivity index (χ3n) is 11.5. The summed E-state index contributed by atoms with van der Waals surface area (Å²) in [6.45, 7) is 0. The van der Waals surface area contributed by atoms with Gasteiger partial charge in [-0.05, 0) is 109 Å². The maximum atomic E-state index is 5.22. The Bertz CT molecular complexity index is 3530. The molecule has 0 bridgehead atoms. The van der Waals surface area contributed by atoms with E-state index in [9.17, 15) is 0 Å². The number of pyridine rings is 4. The minimum absolute atomic E-state index is 0.920. The predicted octanol–water partition coefficient (Wildman–Crippen LogP) is 13.4. The van der Waals surface area contributed by atoms with E-state index in [1.807, 2.05) is 24.5 Å². The molecule has 12 rings (SSSR count). The standard InChI is InChI=1S/C52H30N4/c1-5-34-16-17-35-6-2-9-41-44(28-39(7-1)49(34)50(35)41)47-24-21-38-27-36(20-23-46(38)55-47)37-18-15-33-19-22-45(56-48(33)30-37)32-13-11-31(12-14-32)43-29-40-8-3-25-53-51(40)52-42(43)10-4-26-54-52/h1-30H. The van der Waals surface area contributed by atoms with Crippen molar-refractivity contribution in [3.63, 3.8) is 0 Å². The van der Waals surface area contributed by atoms with Gasteiger partial charge in [-0.25, -0.2) is 9.97 Å². The maximum Gasteiger partial charge on any atom is 0.0970 e. The van der Waals surface area contributed by atoms with Gasteiger partial charge in [0.15, 0.2) is 0 Å². The number of benzene rings is 8. The van der Waals surface area contributed by atoms with E-state index in [-0.39, 0.29) is 0 Å². The van der Waals surface area contributed by atoms with Crippen molar-refractivity contribution < 1.29 is 0 Å². The lowest BCUT2D eigenvalue weighted by molar-refractivity contribution is 1.37. The van der Waals surface area contributed by atoms with Crippen LogP contribution in [0.25, 0.3) is 121 Å². The third kappa shape index (κ3) is 4.79. The van der Waals surface area contributed by atoms with Crippen LogP contribution >= 0.6 is 0 Å². The number of fused-ring (bicyclic) bond motifs is 5. The van der Waals surface area contributed by atoms with Crippen LogP contribution in [-0.4, -0.2) is 19.9 Å². The van der Waals surface area contributed by atoms with Crippen LogP contribution in [0.1, 0.15) is 0 Å². The molecule has 258 valence electrons. The molecule has 0 radical (unpaired) electrons. The van der Waals surface area contributed by atoms with E-state index in [0.29, 0.717) is 0 Å². The van der Waals surface area contributed by atoms with Crippen LogP contribution in [0, 0.1) is 0 Å². The highest BCUT2D eigenvalue weighted by atomic mass is 14.7. The molecule has 0 fully saturated rings. The van der Waals surface area contributed by atoms with Crippen LogP contribution in [0.4, 0.5) is 0 Å². The SMILES string of the molecule is c1cnc2c(c1)cc(-c1ccc(-c3ccc4ccc(-c5ccc6nc(-c7cc8cccc9ccc%10cccc7c%10c98)ccc6c5)cc4n3)cc1)c1cccnc12. The van der Waals surface area contributed by atoms with Crippen molar-refractivity contribution in [3.8, 4) is 44.8 Å². The van der Waals surface area contributed by atoms with Crippen molar-refractivity contribution in [2.75, 3.05) is 0 Å². The molecule has 0 atom stereocenters. The van der Waals surface area contributed by atoms with Crippen LogP contribution in [0.5, 0.6) is 0 Å². The fraction of sp³-hybridized carbons (Fsp3) is 0. The van der Waals surface area contributed by atoms with Crippen molar-refractivity contribution in [2.24, 2.45) is 0 Å². The summed E-state index contributed by atoms with van der Waals surface area (Å²) in [5.41, 5.74) is 12.5. The quantitative estimate of drug-likeness (QED) is 0.171. The van der Waals surface area contributed by atoms with Crippen LogP contribution in [0.2, 0.25) is 0 Å². The number of aromatic nitrogens is 4. The molecule has 8 aromatic carbocycles. The first-order valence-corrected chi connectivity index (χ1v) is 18.9. The summed E-state index contributed by atoms with van der Waals surface area (Å²) in [7, 11) is 0. The van der Waals surface area contributed by atoms with E-state index in [4.69, 9.17) is 15.0 Å². The molecule has 0 saturated heterocycles. The van der Waals surface area contributed by atoms with E-state index >= 15 is 0 Å². The lowest BCUT2D eigenvalue weighted by Crippen LogP contribution is -1.91. The molecule has 56 heavy (non-hydrogen) atoms. The van der Waals surface area contributed by atoms with E-state index in [0.717, 1.165) is 88.4 Å². The molecule has 0 aliphatic rings. The van der Waals surface area contributed by atoms with Crippen molar-refractivity contribution in [3.05, 3.63) is 182 Å². The molecule has 0 amide bonds. The summed E-state index contributed by atoms with van der Waals surface area (Å²) in [5.74, 6) is 0. The lowest BCUT2D eigenvalue weighted by Gasteiger charge is -2.15. The van der Waals surface area contributed by atoms with Gasteiger partial charge in [0.05, 0.1) is 33.5 Å². The molecule has 4 heterocycles. The Morgan fingerprint density at radius 3 is 1.82 bits per heavy atom. The average molecular weight is 711 g/mol. The zero-order chi connectivity index (χ0) is 36.7. The minimum Gasteiger partial charge on any atom is -0.254 e. The molecule has 0 aliphatic carbocycles. The summed E-state index contributed by atoms with van der Waals surface area (Å²) in [5, 5.41) is 12.0. The summed E-state index contributed by atoms with van der Waals surface area (Å²) in [6.07, 6.45) is 3.66. The van der Waals surface area contributed by atoms with Gasteiger partial charge < -0.3 is 0 Å². The maximum absolute atomic E-state index is 5.22. The normalized spacial score (nSPS) is 11.9. The van der Waals surface area contributed by atoms with E-state index in [1.54, 1.807) is 0 Å². The van der Waals surface area contributed by atoms with Gasteiger partial charge >= 0.3 is 0 Å². The number of hydrogen-bond donors (Lipinski definition) is 0. The van der Waals surface area contributed by atoms with Crippen molar-refractivity contribution in [1.82, 2.24) is 19.9 Å². The zero-order valence-electron chi connectivity index (χ0n) is 30.1. The minimum atomic E-state index is 0.920. The molecule has 0 unspecified atom stereocenters. The summed E-state index contributed by atoms with van der Waals surface area (Å²) in [4.78, 5) is 19.7.